The highest BCUT2D eigenvalue weighted by Crippen LogP contribution is 2.03. The second-order valence-corrected chi connectivity index (χ2v) is 2.54. The summed E-state index contributed by atoms with van der Waals surface area (Å²) in [5.41, 5.74) is 0. The lowest BCUT2D eigenvalue weighted by Crippen LogP contribution is -1.85. The van der Waals surface area contributed by atoms with Gasteiger partial charge in [-0.3, -0.25) is 4.79 Å². The summed E-state index contributed by atoms with van der Waals surface area (Å²) in [4.78, 5) is 10.2. The van der Waals surface area contributed by atoms with E-state index in [-0.39, 0.29) is 5.24 Å². The highest BCUT2D eigenvalue weighted by Gasteiger charge is 1.94. The molecule has 0 aromatic heterocycles. The molecule has 10 heavy (non-hydrogen) atoms. The van der Waals surface area contributed by atoms with E-state index in [2.05, 4.69) is 5.92 Å². The highest BCUT2D eigenvalue weighted by molar-refractivity contribution is 6.63. The third kappa shape index (κ3) is 7.52. The van der Waals surface area contributed by atoms with Crippen LogP contribution in [0.3, 0.4) is 0 Å². The minimum absolute atomic E-state index is 0.249. The number of hydrogen-bond donors (Lipinski definition) is 0. The van der Waals surface area contributed by atoms with Crippen LogP contribution in [0.15, 0.2) is 0 Å². The molecule has 0 saturated heterocycles. The Morgan fingerprint density at radius 3 is 2.60 bits per heavy atom. The van der Waals surface area contributed by atoms with Gasteiger partial charge in [-0.25, -0.2) is 0 Å². The monoisotopic (exact) mass is 158 g/mol. The van der Waals surface area contributed by atoms with Crippen LogP contribution in [0.2, 0.25) is 0 Å². The first kappa shape index (κ1) is 9.52. The average Bonchev–Trinajstić information content (AvgIpc) is 1.87. The first-order chi connectivity index (χ1) is 4.77. The Morgan fingerprint density at radius 2 is 2.10 bits per heavy atom. The van der Waals surface area contributed by atoms with Gasteiger partial charge in [0, 0.05) is 12.8 Å². The van der Waals surface area contributed by atoms with E-state index in [4.69, 9.17) is 18.0 Å². The molecule has 0 atom stereocenters. The SMILES string of the molecule is C#CCCCCCC(=O)Cl. The molecule has 0 aliphatic rings. The van der Waals surface area contributed by atoms with Gasteiger partial charge in [-0.1, -0.05) is 6.42 Å². The molecule has 0 bridgehead atoms. The number of hydrogen-bond acceptors (Lipinski definition) is 1. The molecule has 0 aromatic rings. The summed E-state index contributed by atoms with van der Waals surface area (Å²) >= 11 is 5.11. The molecule has 0 heterocycles. The molecule has 0 amide bonds. The Morgan fingerprint density at radius 1 is 1.40 bits per heavy atom. The van der Waals surface area contributed by atoms with Crippen LogP contribution in [0.1, 0.15) is 32.1 Å². The van der Waals surface area contributed by atoms with E-state index in [1.165, 1.54) is 0 Å². The fraction of sp³-hybridized carbons (Fsp3) is 0.625. The van der Waals surface area contributed by atoms with Gasteiger partial charge in [0.2, 0.25) is 5.24 Å². The lowest BCUT2D eigenvalue weighted by molar-refractivity contribution is -0.111. The van der Waals surface area contributed by atoms with Crippen LogP contribution in [0.5, 0.6) is 0 Å². The number of carbonyl (C=O) groups is 1. The van der Waals surface area contributed by atoms with Gasteiger partial charge >= 0.3 is 0 Å². The van der Waals surface area contributed by atoms with E-state index >= 15 is 0 Å². The van der Waals surface area contributed by atoms with Crippen LogP contribution < -0.4 is 0 Å². The van der Waals surface area contributed by atoms with Crippen molar-refractivity contribution in [1.29, 1.82) is 0 Å². The molecule has 56 valence electrons. The summed E-state index contributed by atoms with van der Waals surface area (Å²) < 4.78 is 0. The van der Waals surface area contributed by atoms with E-state index in [1.807, 2.05) is 0 Å². The van der Waals surface area contributed by atoms with Crippen LogP contribution in [0.4, 0.5) is 0 Å². The Hall–Kier alpha value is -0.480. The van der Waals surface area contributed by atoms with Crippen LogP contribution in [-0.4, -0.2) is 5.24 Å². The van der Waals surface area contributed by atoms with Gasteiger partial charge in [-0.2, -0.15) is 0 Å². The topological polar surface area (TPSA) is 17.1 Å². The van der Waals surface area contributed by atoms with Gasteiger partial charge in [0.25, 0.3) is 0 Å². The zero-order valence-corrected chi connectivity index (χ0v) is 6.66. The lowest BCUT2D eigenvalue weighted by atomic mass is 10.2. The first-order valence-electron chi connectivity index (χ1n) is 3.39. The van der Waals surface area contributed by atoms with Crippen LogP contribution in [-0.2, 0) is 4.79 Å². The molecule has 0 unspecified atom stereocenters. The Bertz CT molecular complexity index is 135. The summed E-state index contributed by atoms with van der Waals surface area (Å²) in [6, 6.07) is 0. The summed E-state index contributed by atoms with van der Waals surface area (Å²) in [6.45, 7) is 0. The van der Waals surface area contributed by atoms with Gasteiger partial charge in [0.1, 0.15) is 0 Å². The number of rotatable bonds is 5. The van der Waals surface area contributed by atoms with E-state index in [0.717, 1.165) is 25.7 Å². The minimum Gasteiger partial charge on any atom is -0.281 e. The first-order valence-corrected chi connectivity index (χ1v) is 3.77. The number of carbonyl (C=O) groups excluding carboxylic acids is 1. The lowest BCUT2D eigenvalue weighted by Gasteiger charge is -1.92. The molecule has 1 nitrogen and oxygen atoms in total. The molecule has 0 aromatic carbocycles. The van der Waals surface area contributed by atoms with E-state index in [0.29, 0.717) is 6.42 Å². The van der Waals surface area contributed by atoms with Crippen LogP contribution >= 0.6 is 11.6 Å². The quantitative estimate of drug-likeness (QED) is 0.341. The van der Waals surface area contributed by atoms with Crippen LogP contribution in [0, 0.1) is 12.3 Å². The molecule has 0 fully saturated rings. The average molecular weight is 159 g/mol. The number of halogens is 1. The fourth-order valence-electron chi connectivity index (χ4n) is 0.668. The van der Waals surface area contributed by atoms with Gasteiger partial charge in [0.05, 0.1) is 0 Å². The zero-order valence-electron chi connectivity index (χ0n) is 5.90. The normalized spacial score (nSPS) is 8.80. The Kier molecular flexibility index (Phi) is 6.32. The highest BCUT2D eigenvalue weighted by atomic mass is 35.5. The third-order valence-electron chi connectivity index (χ3n) is 1.19. The predicted octanol–water partition coefficient (Wildman–Crippen LogP) is 2.34. The van der Waals surface area contributed by atoms with Gasteiger partial charge in [-0.05, 0) is 24.4 Å². The van der Waals surface area contributed by atoms with E-state index < -0.39 is 0 Å². The smallest absolute Gasteiger partial charge is 0.221 e. The van der Waals surface area contributed by atoms with Gasteiger partial charge < -0.3 is 0 Å². The molecule has 0 aliphatic heterocycles. The zero-order chi connectivity index (χ0) is 7.82. The Balaban J connectivity index is 2.92. The molecule has 0 radical (unpaired) electrons. The summed E-state index contributed by atoms with van der Waals surface area (Å²) in [5, 5.41) is -0.249. The van der Waals surface area contributed by atoms with Crippen molar-refractivity contribution in [2.24, 2.45) is 0 Å². The maximum atomic E-state index is 10.2. The molecular weight excluding hydrogens is 148 g/mol. The standard InChI is InChI=1S/C8H11ClO/c1-2-3-4-5-6-7-8(9)10/h1H,3-7H2. The molecule has 0 aliphatic carbocycles. The molecule has 0 rings (SSSR count). The summed E-state index contributed by atoms with van der Waals surface area (Å²) in [7, 11) is 0. The van der Waals surface area contributed by atoms with Crippen molar-refractivity contribution in [1.82, 2.24) is 0 Å². The maximum Gasteiger partial charge on any atom is 0.221 e. The fourth-order valence-corrected chi connectivity index (χ4v) is 0.801. The van der Waals surface area contributed by atoms with Crippen molar-refractivity contribution in [2.75, 3.05) is 0 Å². The molecule has 2 heteroatoms. The second kappa shape index (κ2) is 6.64. The summed E-state index contributed by atoms with van der Waals surface area (Å²) in [5.74, 6) is 2.54. The van der Waals surface area contributed by atoms with Crippen molar-refractivity contribution < 1.29 is 4.79 Å². The predicted molar refractivity (Wildman–Crippen MR) is 42.8 cm³/mol. The maximum absolute atomic E-state index is 10.2. The van der Waals surface area contributed by atoms with Crippen molar-refractivity contribution >= 4 is 16.8 Å². The van der Waals surface area contributed by atoms with Crippen molar-refractivity contribution in [2.45, 2.75) is 32.1 Å². The molecule has 0 saturated carbocycles. The largest absolute Gasteiger partial charge is 0.281 e. The molecule has 0 N–H and O–H groups in total. The second-order valence-electron chi connectivity index (χ2n) is 2.12. The van der Waals surface area contributed by atoms with Crippen molar-refractivity contribution in [3.8, 4) is 12.3 Å². The third-order valence-corrected chi connectivity index (χ3v) is 1.38. The summed E-state index contributed by atoms with van der Waals surface area (Å²) in [6.07, 6.45) is 9.18. The number of terminal acetylenes is 1. The van der Waals surface area contributed by atoms with Crippen molar-refractivity contribution in [3.05, 3.63) is 0 Å². The Labute approximate surface area is 66.8 Å². The molecular formula is C8H11ClO. The van der Waals surface area contributed by atoms with Gasteiger partial charge in [0.15, 0.2) is 0 Å². The van der Waals surface area contributed by atoms with E-state index in [1.54, 1.807) is 0 Å². The van der Waals surface area contributed by atoms with Crippen molar-refractivity contribution in [3.63, 3.8) is 0 Å². The molecule has 0 spiro atoms. The minimum atomic E-state index is -0.249. The van der Waals surface area contributed by atoms with Crippen LogP contribution in [0.25, 0.3) is 0 Å². The van der Waals surface area contributed by atoms with Gasteiger partial charge in [-0.15, -0.1) is 12.3 Å². The van der Waals surface area contributed by atoms with E-state index in [9.17, 15) is 4.79 Å². The number of unbranched alkanes of at least 4 members (excludes halogenated alkanes) is 3.